The standard InChI is InChI=1S/C18H11N5O3S/c19-8-11-1-3-12(4-2-11)20-18(24)16-10-27-17(21-16)9-25-13-5-6-14-15(7-13)23-26-22-14/h1-7,10H,9H2,(H,20,24). The number of hydrogen-bond acceptors (Lipinski definition) is 8. The quantitative estimate of drug-likeness (QED) is 0.567. The smallest absolute Gasteiger partial charge is 0.275 e. The summed E-state index contributed by atoms with van der Waals surface area (Å²) in [6.07, 6.45) is 0. The van der Waals surface area contributed by atoms with E-state index in [9.17, 15) is 4.79 Å². The van der Waals surface area contributed by atoms with Gasteiger partial charge in [-0.1, -0.05) is 0 Å². The first-order chi connectivity index (χ1) is 13.2. The first-order valence-corrected chi connectivity index (χ1v) is 8.70. The van der Waals surface area contributed by atoms with Crippen LogP contribution in [0.3, 0.4) is 0 Å². The number of carbonyl (C=O) groups is 1. The number of amides is 1. The van der Waals surface area contributed by atoms with Crippen LogP contribution in [0.2, 0.25) is 0 Å². The summed E-state index contributed by atoms with van der Waals surface area (Å²) in [5.41, 5.74) is 2.69. The minimum Gasteiger partial charge on any atom is -0.486 e. The van der Waals surface area contributed by atoms with Crippen molar-refractivity contribution in [1.82, 2.24) is 15.3 Å². The third-order valence-electron chi connectivity index (χ3n) is 3.64. The van der Waals surface area contributed by atoms with Gasteiger partial charge in [-0.15, -0.1) is 11.3 Å². The average Bonchev–Trinajstić information content (AvgIpc) is 3.36. The topological polar surface area (TPSA) is 114 Å². The van der Waals surface area contributed by atoms with E-state index in [4.69, 9.17) is 10.00 Å². The molecule has 0 unspecified atom stereocenters. The predicted octanol–water partition coefficient (Wildman–Crippen LogP) is 3.38. The van der Waals surface area contributed by atoms with E-state index in [1.165, 1.54) is 11.3 Å². The van der Waals surface area contributed by atoms with Gasteiger partial charge in [0.15, 0.2) is 0 Å². The lowest BCUT2D eigenvalue weighted by Crippen LogP contribution is -2.12. The van der Waals surface area contributed by atoms with Gasteiger partial charge in [0, 0.05) is 17.1 Å². The molecular formula is C18H11N5O3S. The second-order valence-electron chi connectivity index (χ2n) is 5.47. The minimum absolute atomic E-state index is 0.228. The first kappa shape index (κ1) is 16.7. The Hall–Kier alpha value is -3.77. The molecule has 0 aliphatic rings. The fourth-order valence-corrected chi connectivity index (χ4v) is 2.99. The van der Waals surface area contributed by atoms with Crippen molar-refractivity contribution in [2.45, 2.75) is 6.61 Å². The van der Waals surface area contributed by atoms with E-state index in [1.807, 2.05) is 6.07 Å². The second-order valence-corrected chi connectivity index (χ2v) is 6.42. The third-order valence-corrected chi connectivity index (χ3v) is 4.47. The van der Waals surface area contributed by atoms with Crippen molar-refractivity contribution < 1.29 is 14.2 Å². The van der Waals surface area contributed by atoms with Gasteiger partial charge < -0.3 is 10.1 Å². The second kappa shape index (κ2) is 7.23. The average molecular weight is 377 g/mol. The van der Waals surface area contributed by atoms with Crippen LogP contribution in [0.5, 0.6) is 5.75 Å². The van der Waals surface area contributed by atoms with E-state index >= 15 is 0 Å². The Bertz CT molecular complexity index is 1140. The Balaban J connectivity index is 1.38. The molecule has 0 saturated carbocycles. The van der Waals surface area contributed by atoms with Gasteiger partial charge in [0.2, 0.25) is 0 Å². The van der Waals surface area contributed by atoms with Gasteiger partial charge in [-0.25, -0.2) is 9.61 Å². The first-order valence-electron chi connectivity index (χ1n) is 7.82. The summed E-state index contributed by atoms with van der Waals surface area (Å²) < 4.78 is 10.3. The van der Waals surface area contributed by atoms with Gasteiger partial charge in [-0.3, -0.25) is 4.79 Å². The normalized spacial score (nSPS) is 10.5. The number of thiazole rings is 1. The number of nitrogens with one attached hydrogen (secondary N) is 1. The number of nitriles is 1. The number of fused-ring (bicyclic) bond motifs is 1. The molecule has 1 amide bonds. The molecule has 1 N–H and O–H groups in total. The monoisotopic (exact) mass is 377 g/mol. The zero-order chi connectivity index (χ0) is 18.6. The van der Waals surface area contributed by atoms with Crippen LogP contribution in [-0.2, 0) is 6.61 Å². The number of nitrogens with zero attached hydrogens (tertiary/aromatic N) is 4. The van der Waals surface area contributed by atoms with Crippen molar-refractivity contribution in [1.29, 1.82) is 5.26 Å². The van der Waals surface area contributed by atoms with E-state index in [2.05, 4.69) is 25.2 Å². The maximum atomic E-state index is 12.3. The molecule has 0 spiro atoms. The Labute approximate surface area is 157 Å². The summed E-state index contributed by atoms with van der Waals surface area (Å²) >= 11 is 1.33. The number of hydrogen-bond donors (Lipinski definition) is 1. The van der Waals surface area contributed by atoms with Gasteiger partial charge in [0.1, 0.15) is 34.1 Å². The fraction of sp³-hybridized carbons (Fsp3) is 0.0556. The number of benzene rings is 2. The van der Waals surface area contributed by atoms with E-state index in [-0.39, 0.29) is 12.5 Å². The van der Waals surface area contributed by atoms with Crippen molar-refractivity contribution in [2.24, 2.45) is 0 Å². The van der Waals surface area contributed by atoms with Crippen LogP contribution in [0.15, 0.2) is 52.5 Å². The Morgan fingerprint density at radius 2 is 2.00 bits per heavy atom. The Kier molecular flexibility index (Phi) is 4.47. The molecule has 27 heavy (non-hydrogen) atoms. The maximum Gasteiger partial charge on any atom is 0.275 e. The van der Waals surface area contributed by atoms with E-state index < -0.39 is 0 Å². The summed E-state index contributed by atoms with van der Waals surface area (Å²) in [6.45, 7) is 0.228. The number of ether oxygens (including phenoxy) is 1. The molecule has 0 saturated heterocycles. The largest absolute Gasteiger partial charge is 0.486 e. The molecule has 0 fully saturated rings. The maximum absolute atomic E-state index is 12.3. The van der Waals surface area contributed by atoms with Crippen molar-refractivity contribution in [3.05, 3.63) is 64.1 Å². The van der Waals surface area contributed by atoms with Crippen LogP contribution in [-0.4, -0.2) is 21.2 Å². The van der Waals surface area contributed by atoms with Crippen LogP contribution >= 0.6 is 11.3 Å². The van der Waals surface area contributed by atoms with Crippen molar-refractivity contribution in [3.63, 3.8) is 0 Å². The summed E-state index contributed by atoms with van der Waals surface area (Å²) in [7, 11) is 0. The van der Waals surface area contributed by atoms with Gasteiger partial charge in [-0.05, 0) is 46.7 Å². The molecule has 0 aliphatic heterocycles. The SMILES string of the molecule is N#Cc1ccc(NC(=O)c2csc(COc3ccc4nonc4c3)n2)cc1. The van der Waals surface area contributed by atoms with Crippen LogP contribution in [0, 0.1) is 11.3 Å². The molecule has 4 aromatic rings. The zero-order valence-electron chi connectivity index (χ0n) is 13.7. The Morgan fingerprint density at radius 3 is 2.81 bits per heavy atom. The zero-order valence-corrected chi connectivity index (χ0v) is 14.6. The van der Waals surface area contributed by atoms with Gasteiger partial charge in [-0.2, -0.15) is 5.26 Å². The highest BCUT2D eigenvalue weighted by atomic mass is 32.1. The molecule has 8 nitrogen and oxygen atoms in total. The van der Waals surface area contributed by atoms with Crippen molar-refractivity contribution >= 4 is 34.0 Å². The molecule has 0 radical (unpaired) electrons. The van der Waals surface area contributed by atoms with Gasteiger partial charge >= 0.3 is 0 Å². The molecule has 0 bridgehead atoms. The third kappa shape index (κ3) is 3.75. The highest BCUT2D eigenvalue weighted by Gasteiger charge is 2.12. The predicted molar refractivity (Wildman–Crippen MR) is 97.4 cm³/mol. The lowest BCUT2D eigenvalue weighted by molar-refractivity contribution is 0.102. The molecule has 2 aromatic carbocycles. The van der Waals surface area contributed by atoms with E-state index in [0.717, 1.165) is 0 Å². The summed E-state index contributed by atoms with van der Waals surface area (Å²) in [6, 6.07) is 13.9. The molecule has 4 rings (SSSR count). The lowest BCUT2D eigenvalue weighted by atomic mass is 10.2. The van der Waals surface area contributed by atoms with Crippen molar-refractivity contribution in [2.75, 3.05) is 5.32 Å². The van der Waals surface area contributed by atoms with Crippen LogP contribution < -0.4 is 10.1 Å². The molecule has 0 atom stereocenters. The highest BCUT2D eigenvalue weighted by Crippen LogP contribution is 2.20. The van der Waals surface area contributed by atoms with Crippen LogP contribution in [0.4, 0.5) is 5.69 Å². The van der Waals surface area contributed by atoms with Gasteiger partial charge in [0.25, 0.3) is 5.91 Å². The number of aromatic nitrogens is 3. The Morgan fingerprint density at radius 1 is 1.19 bits per heavy atom. The van der Waals surface area contributed by atoms with E-state index in [1.54, 1.807) is 47.8 Å². The van der Waals surface area contributed by atoms with Crippen LogP contribution in [0.1, 0.15) is 21.1 Å². The molecule has 132 valence electrons. The number of carbonyl (C=O) groups excluding carboxylic acids is 1. The molecule has 0 aliphatic carbocycles. The van der Waals surface area contributed by atoms with E-state index in [0.29, 0.717) is 38.7 Å². The number of anilines is 1. The molecule has 9 heteroatoms. The summed E-state index contributed by atoms with van der Waals surface area (Å²) in [5, 5.41) is 21.4. The summed E-state index contributed by atoms with van der Waals surface area (Å²) in [4.78, 5) is 16.6. The highest BCUT2D eigenvalue weighted by molar-refractivity contribution is 7.09. The fourth-order valence-electron chi connectivity index (χ4n) is 2.30. The van der Waals surface area contributed by atoms with Gasteiger partial charge in [0.05, 0.1) is 11.6 Å². The van der Waals surface area contributed by atoms with Crippen molar-refractivity contribution in [3.8, 4) is 11.8 Å². The van der Waals surface area contributed by atoms with Crippen LogP contribution in [0.25, 0.3) is 11.0 Å². The minimum atomic E-state index is -0.322. The molecule has 2 aromatic heterocycles. The molecular weight excluding hydrogens is 366 g/mol. The lowest BCUT2D eigenvalue weighted by Gasteiger charge is -2.03. The molecule has 2 heterocycles. The summed E-state index contributed by atoms with van der Waals surface area (Å²) in [5.74, 6) is 0.286. The number of rotatable bonds is 5.